The fraction of sp³-hybridized carbons (Fsp3) is 0.667. The third-order valence-corrected chi connectivity index (χ3v) is 3.75. The van der Waals surface area contributed by atoms with Crippen LogP contribution in [0.25, 0.3) is 0 Å². The van der Waals surface area contributed by atoms with Gasteiger partial charge in [0.15, 0.2) is 0 Å². The number of nitrogens with one attached hydrogen (secondary N) is 1. The Morgan fingerprint density at radius 2 is 2.12 bits per heavy atom. The van der Waals surface area contributed by atoms with Gasteiger partial charge in [0.25, 0.3) is 0 Å². The first kappa shape index (κ1) is 13.9. The molecule has 0 aromatic rings. The van der Waals surface area contributed by atoms with E-state index in [0.717, 1.165) is 5.75 Å². The highest BCUT2D eigenvalue weighted by Gasteiger charge is 2.33. The van der Waals surface area contributed by atoms with Gasteiger partial charge in [-0.15, -0.1) is 18.2 Å². The number of terminal acetylenes is 1. The van der Waals surface area contributed by atoms with Crippen LogP contribution in [-0.4, -0.2) is 35.0 Å². The van der Waals surface area contributed by atoms with Crippen LogP contribution in [-0.2, 0) is 9.59 Å². The summed E-state index contributed by atoms with van der Waals surface area (Å²) in [4.78, 5) is 22.4. The van der Waals surface area contributed by atoms with Gasteiger partial charge in [-0.25, -0.2) is 0 Å². The number of carboxylic acid groups (broad SMARTS) is 1. The Balaban J connectivity index is 2.17. The quantitative estimate of drug-likeness (QED) is 0.548. The minimum absolute atomic E-state index is 0.0185. The zero-order chi connectivity index (χ0) is 12.7. The van der Waals surface area contributed by atoms with Crippen LogP contribution in [0.1, 0.15) is 19.3 Å². The molecule has 0 aromatic heterocycles. The highest BCUT2D eigenvalue weighted by Crippen LogP contribution is 2.30. The Labute approximate surface area is 106 Å². The lowest BCUT2D eigenvalue weighted by Crippen LogP contribution is -2.31. The summed E-state index contributed by atoms with van der Waals surface area (Å²) >= 11 is 1.60. The Kier molecular flexibility index (Phi) is 5.92. The second kappa shape index (κ2) is 7.23. The topological polar surface area (TPSA) is 66.4 Å². The van der Waals surface area contributed by atoms with E-state index in [1.54, 1.807) is 11.8 Å². The molecule has 2 atom stereocenters. The van der Waals surface area contributed by atoms with E-state index in [0.29, 0.717) is 31.6 Å². The fourth-order valence-electron chi connectivity index (χ4n) is 1.97. The molecule has 1 rings (SSSR count). The van der Waals surface area contributed by atoms with Crippen LogP contribution in [0.2, 0.25) is 0 Å². The third-order valence-electron chi connectivity index (χ3n) is 2.88. The molecule has 1 amide bonds. The molecular formula is C12H17NO3S. The van der Waals surface area contributed by atoms with Crippen LogP contribution in [0.4, 0.5) is 0 Å². The lowest BCUT2D eigenvalue weighted by Gasteiger charge is -2.10. The molecule has 0 aliphatic heterocycles. The Hall–Kier alpha value is -1.15. The van der Waals surface area contributed by atoms with Gasteiger partial charge in [-0.1, -0.05) is 5.92 Å². The summed E-state index contributed by atoms with van der Waals surface area (Å²) in [6.07, 6.45) is 6.86. The molecule has 1 aliphatic rings. The average molecular weight is 255 g/mol. The molecule has 0 saturated heterocycles. The van der Waals surface area contributed by atoms with Crippen molar-refractivity contribution in [2.45, 2.75) is 19.3 Å². The van der Waals surface area contributed by atoms with Gasteiger partial charge in [0.05, 0.1) is 11.7 Å². The van der Waals surface area contributed by atoms with E-state index in [1.165, 1.54) is 0 Å². The van der Waals surface area contributed by atoms with E-state index in [-0.39, 0.29) is 17.7 Å². The van der Waals surface area contributed by atoms with Gasteiger partial charge in [0.1, 0.15) is 0 Å². The average Bonchev–Trinajstić information content (AvgIpc) is 2.78. The highest BCUT2D eigenvalue weighted by molar-refractivity contribution is 7.99. The second-order valence-electron chi connectivity index (χ2n) is 4.09. The number of aliphatic carboxylic acids is 1. The van der Waals surface area contributed by atoms with Crippen molar-refractivity contribution in [1.82, 2.24) is 5.32 Å². The standard InChI is InChI=1S/C12H17NO3S/c1-2-6-17-7-5-13-11(14)9-3-4-10(8-9)12(15)16/h1,9-10H,3-8H2,(H,13,14)(H,15,16)/t9-,10+/m1/s1. The highest BCUT2D eigenvalue weighted by atomic mass is 32.2. The van der Waals surface area contributed by atoms with Crippen molar-refractivity contribution in [1.29, 1.82) is 0 Å². The molecular weight excluding hydrogens is 238 g/mol. The molecule has 17 heavy (non-hydrogen) atoms. The summed E-state index contributed by atoms with van der Waals surface area (Å²) in [5.74, 6) is 2.68. The lowest BCUT2D eigenvalue weighted by atomic mass is 10.0. The second-order valence-corrected chi connectivity index (χ2v) is 5.20. The first-order valence-corrected chi connectivity index (χ1v) is 6.82. The molecule has 1 aliphatic carbocycles. The van der Waals surface area contributed by atoms with Crippen molar-refractivity contribution < 1.29 is 14.7 Å². The minimum Gasteiger partial charge on any atom is -0.481 e. The molecule has 0 spiro atoms. The number of carbonyl (C=O) groups excluding carboxylic acids is 1. The van der Waals surface area contributed by atoms with Gasteiger partial charge in [-0.05, 0) is 19.3 Å². The smallest absolute Gasteiger partial charge is 0.306 e. The van der Waals surface area contributed by atoms with Gasteiger partial charge in [-0.3, -0.25) is 9.59 Å². The van der Waals surface area contributed by atoms with Crippen LogP contribution < -0.4 is 5.32 Å². The van der Waals surface area contributed by atoms with Gasteiger partial charge >= 0.3 is 5.97 Å². The van der Waals surface area contributed by atoms with Crippen LogP contribution in [0.3, 0.4) is 0 Å². The van der Waals surface area contributed by atoms with Crippen LogP contribution in [0.5, 0.6) is 0 Å². The number of rotatable bonds is 6. The normalized spacial score (nSPS) is 23.0. The molecule has 5 heteroatoms. The van der Waals surface area contributed by atoms with E-state index in [9.17, 15) is 9.59 Å². The summed E-state index contributed by atoms with van der Waals surface area (Å²) in [5.41, 5.74) is 0. The van der Waals surface area contributed by atoms with Crippen molar-refractivity contribution in [2.75, 3.05) is 18.1 Å². The van der Waals surface area contributed by atoms with E-state index >= 15 is 0 Å². The van der Waals surface area contributed by atoms with Gasteiger partial charge in [-0.2, -0.15) is 0 Å². The van der Waals surface area contributed by atoms with E-state index in [2.05, 4.69) is 11.2 Å². The van der Waals surface area contributed by atoms with Crippen molar-refractivity contribution in [3.8, 4) is 12.3 Å². The van der Waals surface area contributed by atoms with Gasteiger partial charge < -0.3 is 10.4 Å². The van der Waals surface area contributed by atoms with Crippen molar-refractivity contribution >= 4 is 23.6 Å². The first-order valence-electron chi connectivity index (χ1n) is 5.67. The van der Waals surface area contributed by atoms with E-state index in [1.807, 2.05) is 0 Å². The molecule has 0 unspecified atom stereocenters. The number of hydrogen-bond acceptors (Lipinski definition) is 3. The molecule has 94 valence electrons. The summed E-state index contributed by atoms with van der Waals surface area (Å²) in [6.45, 7) is 0.597. The zero-order valence-electron chi connectivity index (χ0n) is 9.65. The summed E-state index contributed by atoms with van der Waals surface area (Å²) in [5, 5.41) is 11.7. The largest absolute Gasteiger partial charge is 0.481 e. The first-order chi connectivity index (χ1) is 8.15. The maximum atomic E-state index is 11.7. The Bertz CT molecular complexity index is 324. The molecule has 0 heterocycles. The summed E-state index contributed by atoms with van der Waals surface area (Å²) in [6, 6.07) is 0. The van der Waals surface area contributed by atoms with E-state index < -0.39 is 5.97 Å². The number of thioether (sulfide) groups is 1. The summed E-state index contributed by atoms with van der Waals surface area (Å²) < 4.78 is 0. The van der Waals surface area contributed by atoms with Crippen molar-refractivity contribution in [3.05, 3.63) is 0 Å². The van der Waals surface area contributed by atoms with Crippen LogP contribution in [0, 0.1) is 24.2 Å². The SMILES string of the molecule is C#CCSCCNC(=O)[C@@H]1CC[C@H](C(=O)O)C1. The summed E-state index contributed by atoms with van der Waals surface area (Å²) in [7, 11) is 0. The van der Waals surface area contributed by atoms with Gasteiger partial charge in [0.2, 0.25) is 5.91 Å². The number of hydrogen-bond donors (Lipinski definition) is 2. The van der Waals surface area contributed by atoms with Crippen molar-refractivity contribution in [3.63, 3.8) is 0 Å². The Morgan fingerprint density at radius 3 is 2.71 bits per heavy atom. The van der Waals surface area contributed by atoms with Crippen LogP contribution >= 0.6 is 11.8 Å². The minimum atomic E-state index is -0.787. The predicted molar refractivity (Wildman–Crippen MR) is 67.6 cm³/mol. The van der Waals surface area contributed by atoms with Crippen LogP contribution in [0.15, 0.2) is 0 Å². The number of amides is 1. The number of carboxylic acids is 1. The monoisotopic (exact) mass is 255 g/mol. The fourth-order valence-corrected chi connectivity index (χ4v) is 2.47. The maximum Gasteiger partial charge on any atom is 0.306 e. The lowest BCUT2D eigenvalue weighted by molar-refractivity contribution is -0.141. The predicted octanol–water partition coefficient (Wildman–Crippen LogP) is 0.970. The molecule has 2 N–H and O–H groups in total. The molecule has 1 saturated carbocycles. The Morgan fingerprint density at radius 1 is 1.41 bits per heavy atom. The molecule has 1 fully saturated rings. The van der Waals surface area contributed by atoms with Crippen molar-refractivity contribution in [2.24, 2.45) is 11.8 Å². The molecule has 0 aromatic carbocycles. The van der Waals surface area contributed by atoms with Gasteiger partial charge in [0, 0.05) is 18.2 Å². The molecule has 4 nitrogen and oxygen atoms in total. The molecule has 0 radical (unpaired) electrons. The zero-order valence-corrected chi connectivity index (χ0v) is 10.5. The van der Waals surface area contributed by atoms with E-state index in [4.69, 9.17) is 11.5 Å². The third kappa shape index (κ3) is 4.70. The maximum absolute atomic E-state index is 11.7. The molecule has 0 bridgehead atoms. The number of carbonyl (C=O) groups is 2.